The molecule has 0 saturated carbocycles. The molecule has 12 heteroatoms. The van der Waals surface area contributed by atoms with Gasteiger partial charge in [-0.15, -0.1) is 11.3 Å². The first kappa shape index (κ1) is 30.0. The predicted molar refractivity (Wildman–Crippen MR) is 167 cm³/mol. The van der Waals surface area contributed by atoms with E-state index in [0.717, 1.165) is 17.0 Å². The van der Waals surface area contributed by atoms with Crippen LogP contribution in [0.15, 0.2) is 89.8 Å². The Morgan fingerprint density at radius 1 is 0.907 bits per heavy atom. The fraction of sp³-hybridized carbons (Fsp3) is 0.194. The highest BCUT2D eigenvalue weighted by molar-refractivity contribution is 7.92. The van der Waals surface area contributed by atoms with Crippen molar-refractivity contribution < 1.29 is 22.8 Å². The van der Waals surface area contributed by atoms with Gasteiger partial charge in [-0.3, -0.25) is 24.1 Å². The summed E-state index contributed by atoms with van der Waals surface area (Å²) in [5.41, 5.74) is 2.97. The second-order valence-electron chi connectivity index (χ2n) is 9.97. The molecule has 0 bridgehead atoms. The number of sulfonamides is 1. The van der Waals surface area contributed by atoms with Gasteiger partial charge in [0.05, 0.1) is 16.1 Å². The molecule has 3 aromatic carbocycles. The van der Waals surface area contributed by atoms with Gasteiger partial charge in [0.1, 0.15) is 5.00 Å². The number of para-hydroxylation sites is 1. The standard InChI is InChI=1S/C31H31N5O5S2/c1-32-31(39)34-29(38)27-25-17-18-36(19-21-9-5-3-6-10-21)20-26(25)42-30(27)33-28(37)22-13-15-24(16-14-22)43(40,41)35(2)23-11-7-4-8-12-23/h3-16H,17-20H2,1-2H3,(H,33,37)(H2,32,34,38,39). The Balaban J connectivity index is 1.37. The molecule has 222 valence electrons. The number of benzene rings is 3. The lowest BCUT2D eigenvalue weighted by atomic mass is 10.0. The lowest BCUT2D eigenvalue weighted by Crippen LogP contribution is -2.38. The highest BCUT2D eigenvalue weighted by Crippen LogP contribution is 2.38. The van der Waals surface area contributed by atoms with Crippen molar-refractivity contribution in [1.29, 1.82) is 0 Å². The van der Waals surface area contributed by atoms with E-state index < -0.39 is 27.9 Å². The van der Waals surface area contributed by atoms with E-state index in [1.54, 1.807) is 30.3 Å². The molecule has 0 spiro atoms. The number of hydrogen-bond acceptors (Lipinski definition) is 7. The summed E-state index contributed by atoms with van der Waals surface area (Å²) in [6.45, 7) is 2.04. The molecule has 0 aliphatic carbocycles. The SMILES string of the molecule is CNC(=O)NC(=O)c1c(NC(=O)c2ccc(S(=O)(=O)N(C)c3ccccc3)cc2)sc2c1CCN(Cc1ccccc1)C2. The third kappa shape index (κ3) is 6.61. The van der Waals surface area contributed by atoms with Crippen LogP contribution in [0.5, 0.6) is 0 Å². The highest BCUT2D eigenvalue weighted by Gasteiger charge is 2.30. The van der Waals surface area contributed by atoms with Crippen molar-refractivity contribution in [3.63, 3.8) is 0 Å². The number of imide groups is 1. The number of rotatable bonds is 8. The molecule has 10 nitrogen and oxygen atoms in total. The fourth-order valence-electron chi connectivity index (χ4n) is 4.88. The van der Waals surface area contributed by atoms with Crippen LogP contribution in [0.2, 0.25) is 0 Å². The first-order valence-corrected chi connectivity index (χ1v) is 15.8. The molecule has 1 aromatic heterocycles. The lowest BCUT2D eigenvalue weighted by molar-refractivity contribution is 0.0964. The maximum absolute atomic E-state index is 13.3. The van der Waals surface area contributed by atoms with Gasteiger partial charge in [-0.2, -0.15) is 0 Å². The average Bonchev–Trinajstić information content (AvgIpc) is 3.38. The monoisotopic (exact) mass is 617 g/mol. The smallest absolute Gasteiger partial charge is 0.321 e. The number of amides is 4. The first-order chi connectivity index (χ1) is 20.7. The van der Waals surface area contributed by atoms with Gasteiger partial charge in [-0.25, -0.2) is 13.2 Å². The molecule has 0 fully saturated rings. The number of nitrogens with zero attached hydrogens (tertiary/aromatic N) is 2. The minimum absolute atomic E-state index is 0.0335. The number of anilines is 2. The van der Waals surface area contributed by atoms with E-state index in [0.29, 0.717) is 30.2 Å². The second kappa shape index (κ2) is 12.8. The van der Waals surface area contributed by atoms with Crippen LogP contribution in [0.25, 0.3) is 0 Å². The number of fused-ring (bicyclic) bond motifs is 1. The van der Waals surface area contributed by atoms with Gasteiger partial charge in [0.2, 0.25) is 0 Å². The topological polar surface area (TPSA) is 128 Å². The molecule has 4 amide bonds. The molecular weight excluding hydrogens is 587 g/mol. The van der Waals surface area contributed by atoms with Crippen molar-refractivity contribution in [3.05, 3.63) is 112 Å². The van der Waals surface area contributed by atoms with Crippen molar-refractivity contribution in [3.8, 4) is 0 Å². The van der Waals surface area contributed by atoms with E-state index in [2.05, 4.69) is 33.0 Å². The van der Waals surface area contributed by atoms with E-state index in [1.807, 2.05) is 18.2 Å². The molecule has 1 aliphatic heterocycles. The second-order valence-corrected chi connectivity index (χ2v) is 13.0. The summed E-state index contributed by atoms with van der Waals surface area (Å²) in [6.07, 6.45) is 0.576. The van der Waals surface area contributed by atoms with Gasteiger partial charge in [0.15, 0.2) is 0 Å². The van der Waals surface area contributed by atoms with Gasteiger partial charge in [-0.05, 0) is 53.9 Å². The zero-order chi connectivity index (χ0) is 30.6. The summed E-state index contributed by atoms with van der Waals surface area (Å²) < 4.78 is 27.5. The molecular formula is C31H31N5O5S2. The van der Waals surface area contributed by atoms with E-state index in [9.17, 15) is 22.8 Å². The number of thiophene rings is 1. The third-order valence-corrected chi connectivity index (χ3v) is 10.1. The molecule has 0 radical (unpaired) electrons. The summed E-state index contributed by atoms with van der Waals surface area (Å²) in [5.74, 6) is -1.11. The summed E-state index contributed by atoms with van der Waals surface area (Å²) >= 11 is 1.30. The van der Waals surface area contributed by atoms with Crippen molar-refractivity contribution in [2.24, 2.45) is 0 Å². The fourth-order valence-corrected chi connectivity index (χ4v) is 7.36. The number of nitrogens with one attached hydrogen (secondary N) is 3. The normalized spacial score (nSPS) is 13.1. The van der Waals surface area contributed by atoms with Crippen LogP contribution in [0.3, 0.4) is 0 Å². The molecule has 5 rings (SSSR count). The minimum Gasteiger partial charge on any atom is -0.341 e. The number of urea groups is 1. The van der Waals surface area contributed by atoms with Gasteiger partial charge in [0, 0.05) is 44.2 Å². The Labute approximate surface area is 254 Å². The highest BCUT2D eigenvalue weighted by atomic mass is 32.2. The predicted octanol–water partition coefficient (Wildman–Crippen LogP) is 4.45. The van der Waals surface area contributed by atoms with E-state index in [-0.39, 0.29) is 16.0 Å². The van der Waals surface area contributed by atoms with Crippen LogP contribution < -0.4 is 20.3 Å². The van der Waals surface area contributed by atoms with Crippen molar-refractivity contribution in [1.82, 2.24) is 15.5 Å². The average molecular weight is 618 g/mol. The molecule has 0 atom stereocenters. The van der Waals surface area contributed by atoms with Crippen LogP contribution >= 0.6 is 11.3 Å². The van der Waals surface area contributed by atoms with Gasteiger partial charge in [-0.1, -0.05) is 48.5 Å². The van der Waals surface area contributed by atoms with Gasteiger partial charge >= 0.3 is 6.03 Å². The Morgan fingerprint density at radius 2 is 1.56 bits per heavy atom. The number of carbonyl (C=O) groups excluding carboxylic acids is 3. The van der Waals surface area contributed by atoms with E-state index in [4.69, 9.17) is 0 Å². The van der Waals surface area contributed by atoms with Crippen molar-refractivity contribution in [2.75, 3.05) is 30.3 Å². The number of hydrogen-bond donors (Lipinski definition) is 3. The molecule has 4 aromatic rings. The van der Waals surface area contributed by atoms with Crippen molar-refractivity contribution >= 4 is 49.9 Å². The van der Waals surface area contributed by atoms with Crippen LogP contribution in [0, 0.1) is 0 Å². The lowest BCUT2D eigenvalue weighted by Gasteiger charge is -2.27. The summed E-state index contributed by atoms with van der Waals surface area (Å²) in [7, 11) is -0.965. The molecule has 3 N–H and O–H groups in total. The van der Waals surface area contributed by atoms with Crippen LogP contribution in [0.1, 0.15) is 36.7 Å². The Kier molecular flexibility index (Phi) is 8.90. The Morgan fingerprint density at radius 3 is 2.21 bits per heavy atom. The summed E-state index contributed by atoms with van der Waals surface area (Å²) in [5, 5.41) is 7.86. The van der Waals surface area contributed by atoms with Crippen molar-refractivity contribution in [2.45, 2.75) is 24.4 Å². The van der Waals surface area contributed by atoms with Crippen LogP contribution in [-0.4, -0.2) is 51.8 Å². The largest absolute Gasteiger partial charge is 0.341 e. The van der Waals surface area contributed by atoms with Gasteiger partial charge < -0.3 is 10.6 Å². The minimum atomic E-state index is -3.85. The first-order valence-electron chi connectivity index (χ1n) is 13.6. The Hall–Kier alpha value is -4.52. The van der Waals surface area contributed by atoms with Gasteiger partial charge in [0.25, 0.3) is 21.8 Å². The molecule has 1 aliphatic rings. The molecule has 43 heavy (non-hydrogen) atoms. The van der Waals surface area contributed by atoms with Crippen LogP contribution in [0.4, 0.5) is 15.5 Å². The maximum Gasteiger partial charge on any atom is 0.321 e. The zero-order valence-corrected chi connectivity index (χ0v) is 25.3. The number of carbonyl (C=O) groups is 3. The third-order valence-electron chi connectivity index (χ3n) is 7.19. The molecule has 0 unspecified atom stereocenters. The summed E-state index contributed by atoms with van der Waals surface area (Å²) in [6, 6.07) is 23.7. The van der Waals surface area contributed by atoms with Crippen LogP contribution in [-0.2, 0) is 29.5 Å². The zero-order valence-electron chi connectivity index (χ0n) is 23.7. The quantitative estimate of drug-likeness (QED) is 0.268. The van der Waals surface area contributed by atoms with E-state index >= 15 is 0 Å². The summed E-state index contributed by atoms with van der Waals surface area (Å²) in [4.78, 5) is 41.7. The molecule has 2 heterocycles. The molecule has 0 saturated heterocycles. The maximum atomic E-state index is 13.3. The van der Waals surface area contributed by atoms with E-state index in [1.165, 1.54) is 59.6 Å². The Bertz CT molecular complexity index is 1740.